The van der Waals surface area contributed by atoms with Gasteiger partial charge in [-0.05, 0) is 48.2 Å². The number of rotatable bonds is 10. The van der Waals surface area contributed by atoms with E-state index in [4.69, 9.17) is 9.47 Å². The van der Waals surface area contributed by atoms with E-state index in [0.29, 0.717) is 30.8 Å². The number of halogens is 4. The number of carbonyl (C=O) groups is 1. The van der Waals surface area contributed by atoms with Crippen LogP contribution in [0.4, 0.5) is 17.6 Å². The van der Waals surface area contributed by atoms with Gasteiger partial charge < -0.3 is 9.47 Å². The number of unbranched alkanes of at least 4 members (excludes halogenated alkanes) is 2. The van der Waals surface area contributed by atoms with Crippen molar-refractivity contribution in [3.8, 4) is 22.6 Å². The third-order valence-electron chi connectivity index (χ3n) is 5.33. The maximum absolute atomic E-state index is 14.8. The molecule has 0 saturated carbocycles. The Kier molecular flexibility index (Phi) is 8.68. The van der Waals surface area contributed by atoms with Crippen molar-refractivity contribution in [2.24, 2.45) is 0 Å². The minimum atomic E-state index is -1.44. The molecule has 0 aliphatic carbocycles. The average molecular weight is 474 g/mol. The molecular formula is C27H26F4O3. The average Bonchev–Trinajstić information content (AvgIpc) is 2.84. The molecule has 0 aliphatic heterocycles. The van der Waals surface area contributed by atoms with E-state index < -0.39 is 40.6 Å². The fraction of sp³-hybridized carbons (Fsp3) is 0.296. The Balaban J connectivity index is 1.77. The van der Waals surface area contributed by atoms with Crippen molar-refractivity contribution in [1.82, 2.24) is 0 Å². The first-order valence-corrected chi connectivity index (χ1v) is 11.3. The highest BCUT2D eigenvalue weighted by molar-refractivity contribution is 5.92. The molecule has 0 spiro atoms. The molecule has 0 amide bonds. The summed E-state index contributed by atoms with van der Waals surface area (Å²) >= 11 is 0. The van der Waals surface area contributed by atoms with E-state index in [1.165, 1.54) is 12.1 Å². The van der Waals surface area contributed by atoms with Gasteiger partial charge in [-0.25, -0.2) is 18.0 Å². The van der Waals surface area contributed by atoms with Gasteiger partial charge in [-0.2, -0.15) is 4.39 Å². The second-order valence-electron chi connectivity index (χ2n) is 7.86. The zero-order chi connectivity index (χ0) is 24.7. The van der Waals surface area contributed by atoms with E-state index in [1.54, 1.807) is 24.3 Å². The monoisotopic (exact) mass is 474 g/mol. The van der Waals surface area contributed by atoms with Crippen LogP contribution in [0.1, 0.15) is 55.5 Å². The van der Waals surface area contributed by atoms with Gasteiger partial charge in [0, 0.05) is 5.56 Å². The molecule has 3 rings (SSSR count). The predicted molar refractivity (Wildman–Crippen MR) is 122 cm³/mol. The lowest BCUT2D eigenvalue weighted by molar-refractivity contribution is 0.0720. The van der Waals surface area contributed by atoms with Gasteiger partial charge in [0.15, 0.2) is 23.2 Å². The molecule has 0 bridgehead atoms. The Morgan fingerprint density at radius 1 is 0.765 bits per heavy atom. The quantitative estimate of drug-likeness (QED) is 0.131. The molecule has 0 fully saturated rings. The van der Waals surface area contributed by atoms with Gasteiger partial charge in [0.25, 0.3) is 0 Å². The summed E-state index contributed by atoms with van der Waals surface area (Å²) in [6, 6.07) is 11.1. The molecule has 3 nitrogen and oxygen atoms in total. The molecule has 0 N–H and O–H groups in total. The SMILES string of the molecule is CCCCCOc1ccc(-c2ccc(C(=O)Oc3ccc(CCC)c(F)c3F)c(F)c2F)cc1. The number of benzene rings is 3. The van der Waals surface area contributed by atoms with Gasteiger partial charge in [-0.3, -0.25) is 0 Å². The van der Waals surface area contributed by atoms with Gasteiger partial charge in [0.05, 0.1) is 12.2 Å². The minimum Gasteiger partial charge on any atom is -0.494 e. The lowest BCUT2D eigenvalue weighted by Gasteiger charge is -2.11. The van der Waals surface area contributed by atoms with Crippen LogP contribution in [0.2, 0.25) is 0 Å². The molecule has 0 aromatic heterocycles. The van der Waals surface area contributed by atoms with Crippen molar-refractivity contribution < 1.29 is 31.8 Å². The number of esters is 1. The van der Waals surface area contributed by atoms with Crippen LogP contribution in [-0.2, 0) is 6.42 Å². The maximum atomic E-state index is 14.8. The van der Waals surface area contributed by atoms with E-state index in [1.807, 2.05) is 6.92 Å². The Bertz CT molecular complexity index is 1140. The fourth-order valence-corrected chi connectivity index (χ4v) is 3.47. The molecule has 180 valence electrons. The molecule has 3 aromatic carbocycles. The van der Waals surface area contributed by atoms with E-state index >= 15 is 0 Å². The highest BCUT2D eigenvalue weighted by Crippen LogP contribution is 2.30. The number of ether oxygens (including phenoxy) is 2. The first-order valence-electron chi connectivity index (χ1n) is 11.3. The van der Waals surface area contributed by atoms with Crippen LogP contribution < -0.4 is 9.47 Å². The van der Waals surface area contributed by atoms with Gasteiger partial charge in [-0.1, -0.05) is 57.4 Å². The normalized spacial score (nSPS) is 10.9. The van der Waals surface area contributed by atoms with Crippen molar-refractivity contribution in [3.63, 3.8) is 0 Å². The summed E-state index contributed by atoms with van der Waals surface area (Å²) in [5, 5.41) is 0. The summed E-state index contributed by atoms with van der Waals surface area (Å²) < 4.78 is 68.2. The van der Waals surface area contributed by atoms with Crippen LogP contribution in [0.3, 0.4) is 0 Å². The number of carbonyl (C=O) groups excluding carboxylic acids is 1. The van der Waals surface area contributed by atoms with Crippen LogP contribution in [0.15, 0.2) is 48.5 Å². The third-order valence-corrected chi connectivity index (χ3v) is 5.33. The van der Waals surface area contributed by atoms with E-state index in [2.05, 4.69) is 6.92 Å². The van der Waals surface area contributed by atoms with E-state index in [0.717, 1.165) is 31.4 Å². The number of aryl methyl sites for hydroxylation is 1. The standard InChI is InChI=1S/C27H26F4O3/c1-3-5-6-16-33-19-11-8-17(9-12-19)20-13-14-21(25(30)24(20)29)27(32)34-22-15-10-18(7-4-2)23(28)26(22)31/h8-15H,3-7,16H2,1-2H3. The van der Waals surface area contributed by atoms with Crippen LogP contribution in [0.25, 0.3) is 11.1 Å². The lowest BCUT2D eigenvalue weighted by atomic mass is 10.0. The summed E-state index contributed by atoms with van der Waals surface area (Å²) in [6.45, 7) is 4.47. The summed E-state index contributed by atoms with van der Waals surface area (Å²) in [4.78, 5) is 12.4. The molecule has 0 aliphatic rings. The second-order valence-corrected chi connectivity index (χ2v) is 7.86. The molecular weight excluding hydrogens is 448 g/mol. The number of hydrogen-bond acceptors (Lipinski definition) is 3. The first-order chi connectivity index (χ1) is 16.4. The molecule has 3 aromatic rings. The largest absolute Gasteiger partial charge is 0.494 e. The Hall–Kier alpha value is -3.35. The van der Waals surface area contributed by atoms with Gasteiger partial charge in [0.2, 0.25) is 5.82 Å². The van der Waals surface area contributed by atoms with Crippen LogP contribution >= 0.6 is 0 Å². The molecule has 0 atom stereocenters. The zero-order valence-corrected chi connectivity index (χ0v) is 19.1. The van der Waals surface area contributed by atoms with E-state index in [9.17, 15) is 22.4 Å². The predicted octanol–water partition coefficient (Wildman–Crippen LogP) is 7.65. The van der Waals surface area contributed by atoms with Gasteiger partial charge >= 0.3 is 5.97 Å². The van der Waals surface area contributed by atoms with Crippen molar-refractivity contribution in [2.45, 2.75) is 46.0 Å². The summed E-state index contributed by atoms with van der Waals surface area (Å²) in [5.74, 6) is -6.59. The van der Waals surface area contributed by atoms with Crippen molar-refractivity contribution in [1.29, 1.82) is 0 Å². The highest BCUT2D eigenvalue weighted by atomic mass is 19.2. The zero-order valence-electron chi connectivity index (χ0n) is 19.1. The molecule has 34 heavy (non-hydrogen) atoms. The van der Waals surface area contributed by atoms with E-state index in [-0.39, 0.29) is 11.1 Å². The van der Waals surface area contributed by atoms with Crippen molar-refractivity contribution >= 4 is 5.97 Å². The molecule has 0 unspecified atom stereocenters. The second kappa shape index (κ2) is 11.7. The Morgan fingerprint density at radius 3 is 2.18 bits per heavy atom. The van der Waals surface area contributed by atoms with Crippen LogP contribution in [-0.4, -0.2) is 12.6 Å². The minimum absolute atomic E-state index is 0.0623. The van der Waals surface area contributed by atoms with Gasteiger partial charge in [-0.15, -0.1) is 0 Å². The summed E-state index contributed by atoms with van der Waals surface area (Å²) in [7, 11) is 0. The molecule has 0 heterocycles. The van der Waals surface area contributed by atoms with Crippen molar-refractivity contribution in [2.75, 3.05) is 6.61 Å². The molecule has 0 radical (unpaired) electrons. The number of hydrogen-bond donors (Lipinski definition) is 0. The first kappa shape index (κ1) is 25.3. The summed E-state index contributed by atoms with van der Waals surface area (Å²) in [5.41, 5.74) is -0.266. The summed E-state index contributed by atoms with van der Waals surface area (Å²) in [6.07, 6.45) is 3.97. The fourth-order valence-electron chi connectivity index (χ4n) is 3.47. The van der Waals surface area contributed by atoms with Crippen LogP contribution in [0, 0.1) is 23.3 Å². The smallest absolute Gasteiger partial charge is 0.346 e. The lowest BCUT2D eigenvalue weighted by Crippen LogP contribution is -2.14. The van der Waals surface area contributed by atoms with Gasteiger partial charge in [0.1, 0.15) is 5.75 Å². The third kappa shape index (κ3) is 5.76. The Labute approximate surface area is 196 Å². The molecule has 0 saturated heterocycles. The Morgan fingerprint density at radius 2 is 1.50 bits per heavy atom. The maximum Gasteiger partial charge on any atom is 0.346 e. The van der Waals surface area contributed by atoms with Crippen LogP contribution in [0.5, 0.6) is 11.5 Å². The van der Waals surface area contributed by atoms with Crippen molar-refractivity contribution in [3.05, 3.63) is 82.9 Å². The topological polar surface area (TPSA) is 35.5 Å². The highest BCUT2D eigenvalue weighted by Gasteiger charge is 2.23. The molecule has 7 heteroatoms.